The molecule has 3 heterocycles. The van der Waals surface area contributed by atoms with Crippen molar-refractivity contribution < 1.29 is 18.5 Å². The molecule has 0 bridgehead atoms. The van der Waals surface area contributed by atoms with Gasteiger partial charge in [0.15, 0.2) is 5.76 Å². The van der Waals surface area contributed by atoms with Crippen molar-refractivity contribution in [1.29, 1.82) is 0 Å². The van der Waals surface area contributed by atoms with Gasteiger partial charge in [0.2, 0.25) is 16.9 Å². The molecule has 0 radical (unpaired) electrons. The third-order valence-electron chi connectivity index (χ3n) is 4.39. The fraction of sp³-hybridized carbons (Fsp3) is 0.278. The Morgan fingerprint density at radius 2 is 2.21 bits per heavy atom. The molecule has 1 fully saturated rings. The van der Waals surface area contributed by atoms with Crippen LogP contribution in [0.25, 0.3) is 11.3 Å². The van der Waals surface area contributed by atoms with Gasteiger partial charge in [0, 0.05) is 24.6 Å². The zero-order valence-electron chi connectivity index (χ0n) is 14.9. The molecule has 8 nitrogen and oxygen atoms in total. The zero-order valence-corrected chi connectivity index (χ0v) is 15.7. The second-order valence-electron chi connectivity index (χ2n) is 6.39. The molecular weight excluding hydrogens is 385 g/mol. The Morgan fingerprint density at radius 1 is 1.39 bits per heavy atom. The highest BCUT2D eigenvalue weighted by atomic mass is 32.1. The highest BCUT2D eigenvalue weighted by Crippen LogP contribution is 2.28. The van der Waals surface area contributed by atoms with E-state index in [2.05, 4.69) is 20.7 Å². The molecule has 4 rings (SSSR count). The maximum atomic E-state index is 13.8. The molecular formula is C18H16FN5O3S. The van der Waals surface area contributed by atoms with E-state index in [4.69, 9.17) is 4.52 Å². The van der Waals surface area contributed by atoms with E-state index in [1.807, 2.05) is 0 Å². The van der Waals surface area contributed by atoms with Gasteiger partial charge in [-0.25, -0.2) is 4.39 Å². The van der Waals surface area contributed by atoms with E-state index in [-0.39, 0.29) is 31.3 Å². The van der Waals surface area contributed by atoms with Crippen LogP contribution in [-0.2, 0) is 16.1 Å². The number of amides is 2. The second-order valence-corrected chi connectivity index (χ2v) is 7.55. The van der Waals surface area contributed by atoms with Gasteiger partial charge in [-0.1, -0.05) is 28.6 Å². The zero-order chi connectivity index (χ0) is 19.7. The molecule has 0 saturated carbocycles. The lowest BCUT2D eigenvalue weighted by molar-refractivity contribution is -0.126. The highest BCUT2D eigenvalue weighted by molar-refractivity contribution is 7.15. The van der Waals surface area contributed by atoms with Crippen LogP contribution in [0.5, 0.6) is 0 Å². The van der Waals surface area contributed by atoms with Crippen LogP contribution in [-0.4, -0.2) is 33.7 Å². The molecule has 1 aliphatic heterocycles. The number of aromatic nitrogens is 3. The van der Waals surface area contributed by atoms with Crippen molar-refractivity contribution in [3.8, 4) is 11.3 Å². The van der Waals surface area contributed by atoms with Gasteiger partial charge in [0.1, 0.15) is 16.5 Å². The third kappa shape index (κ3) is 3.63. The van der Waals surface area contributed by atoms with E-state index < -0.39 is 11.7 Å². The summed E-state index contributed by atoms with van der Waals surface area (Å²) in [5.74, 6) is -0.903. The number of rotatable bonds is 5. The average molecular weight is 401 g/mol. The molecule has 10 heteroatoms. The topological polar surface area (TPSA) is 101 Å². The molecule has 0 aliphatic carbocycles. The number of hydrogen-bond acceptors (Lipinski definition) is 7. The van der Waals surface area contributed by atoms with Crippen molar-refractivity contribution >= 4 is 28.3 Å². The van der Waals surface area contributed by atoms with Crippen LogP contribution in [0.2, 0.25) is 0 Å². The van der Waals surface area contributed by atoms with Gasteiger partial charge >= 0.3 is 0 Å². The number of carbonyl (C=O) groups is 2. The summed E-state index contributed by atoms with van der Waals surface area (Å²) in [5, 5.41) is 15.7. The molecule has 28 heavy (non-hydrogen) atoms. The smallest absolute Gasteiger partial charge is 0.229 e. The summed E-state index contributed by atoms with van der Waals surface area (Å²) in [6.07, 6.45) is 0.112. The summed E-state index contributed by atoms with van der Waals surface area (Å²) in [6.45, 7) is 2.16. The molecule has 1 atom stereocenters. The number of nitrogens with one attached hydrogen (secondary N) is 1. The molecule has 2 aromatic heterocycles. The van der Waals surface area contributed by atoms with Gasteiger partial charge in [-0.2, -0.15) is 0 Å². The number of nitrogens with zero attached hydrogens (tertiary/aromatic N) is 4. The highest BCUT2D eigenvalue weighted by Gasteiger charge is 2.36. The number of carbonyl (C=O) groups excluding carboxylic acids is 2. The summed E-state index contributed by atoms with van der Waals surface area (Å²) >= 11 is 1.31. The van der Waals surface area contributed by atoms with E-state index in [1.165, 1.54) is 22.3 Å². The Bertz CT molecular complexity index is 1030. The van der Waals surface area contributed by atoms with Gasteiger partial charge < -0.3 is 9.84 Å². The average Bonchev–Trinajstić information content (AvgIpc) is 3.40. The fourth-order valence-electron chi connectivity index (χ4n) is 2.97. The van der Waals surface area contributed by atoms with Crippen LogP contribution in [0.4, 0.5) is 9.52 Å². The van der Waals surface area contributed by atoms with Crippen molar-refractivity contribution in [3.05, 3.63) is 46.9 Å². The Balaban J connectivity index is 1.36. The van der Waals surface area contributed by atoms with E-state index in [0.717, 1.165) is 5.01 Å². The van der Waals surface area contributed by atoms with Crippen LogP contribution in [0.1, 0.15) is 17.2 Å². The van der Waals surface area contributed by atoms with Gasteiger partial charge in [-0.15, -0.1) is 10.2 Å². The van der Waals surface area contributed by atoms with Crippen molar-refractivity contribution in [2.45, 2.75) is 19.9 Å². The normalized spacial score (nSPS) is 16.6. The number of benzene rings is 1. The first-order valence-corrected chi connectivity index (χ1v) is 9.41. The van der Waals surface area contributed by atoms with Crippen LogP contribution in [0.3, 0.4) is 0 Å². The van der Waals surface area contributed by atoms with Gasteiger partial charge in [0.25, 0.3) is 0 Å². The molecule has 0 spiro atoms. The summed E-state index contributed by atoms with van der Waals surface area (Å²) in [7, 11) is 0. The summed E-state index contributed by atoms with van der Waals surface area (Å²) < 4.78 is 19.0. The molecule has 1 unspecified atom stereocenters. The molecule has 1 aliphatic rings. The van der Waals surface area contributed by atoms with E-state index >= 15 is 0 Å². The van der Waals surface area contributed by atoms with Crippen molar-refractivity contribution in [2.75, 3.05) is 11.4 Å². The lowest BCUT2D eigenvalue weighted by Gasteiger charge is -2.12. The summed E-state index contributed by atoms with van der Waals surface area (Å²) in [4.78, 5) is 26.1. The molecule has 144 valence electrons. The number of halogens is 1. The predicted molar refractivity (Wildman–Crippen MR) is 98.8 cm³/mol. The van der Waals surface area contributed by atoms with Gasteiger partial charge in [-0.05, 0) is 19.1 Å². The maximum Gasteiger partial charge on any atom is 0.229 e. The minimum absolute atomic E-state index is 0.100. The number of anilines is 1. The summed E-state index contributed by atoms with van der Waals surface area (Å²) in [5.41, 5.74) is 0.685. The quantitative estimate of drug-likeness (QED) is 0.704. The second kappa shape index (κ2) is 7.47. The Morgan fingerprint density at radius 3 is 2.96 bits per heavy atom. The minimum atomic E-state index is -0.481. The fourth-order valence-corrected chi connectivity index (χ4v) is 3.69. The lowest BCUT2D eigenvalue weighted by Crippen LogP contribution is -2.32. The van der Waals surface area contributed by atoms with Crippen molar-refractivity contribution in [2.24, 2.45) is 5.92 Å². The largest absolute Gasteiger partial charge is 0.359 e. The number of hydrogen-bond donors (Lipinski definition) is 1. The van der Waals surface area contributed by atoms with E-state index in [0.29, 0.717) is 22.1 Å². The molecule has 2 amide bonds. The van der Waals surface area contributed by atoms with Crippen molar-refractivity contribution in [3.63, 3.8) is 0 Å². The van der Waals surface area contributed by atoms with E-state index in [1.54, 1.807) is 31.2 Å². The molecule has 1 N–H and O–H groups in total. The predicted octanol–water partition coefficient (Wildman–Crippen LogP) is 2.31. The van der Waals surface area contributed by atoms with E-state index in [9.17, 15) is 14.0 Å². The Kier molecular flexibility index (Phi) is 4.86. The van der Waals surface area contributed by atoms with Crippen LogP contribution < -0.4 is 10.2 Å². The van der Waals surface area contributed by atoms with Crippen LogP contribution in [0.15, 0.2) is 34.9 Å². The lowest BCUT2D eigenvalue weighted by atomic mass is 10.1. The first kappa shape index (κ1) is 18.2. The standard InChI is InChI=1S/C18H16FN5O3S/c1-10-21-22-18(28-10)24-9-11(6-16(24)25)17(26)20-8-12-7-15(23-27-12)13-4-2-3-5-14(13)19/h2-5,7,11H,6,8-9H2,1H3,(H,20,26). The minimum Gasteiger partial charge on any atom is -0.359 e. The third-order valence-corrected chi connectivity index (χ3v) is 5.25. The Labute approximate surface area is 163 Å². The summed E-state index contributed by atoms with van der Waals surface area (Å²) in [6, 6.07) is 7.82. The first-order chi connectivity index (χ1) is 13.5. The monoisotopic (exact) mass is 401 g/mol. The van der Waals surface area contributed by atoms with Crippen LogP contribution in [0, 0.1) is 18.7 Å². The first-order valence-electron chi connectivity index (χ1n) is 8.60. The van der Waals surface area contributed by atoms with Gasteiger partial charge in [-0.3, -0.25) is 14.5 Å². The van der Waals surface area contributed by atoms with Crippen LogP contribution >= 0.6 is 11.3 Å². The van der Waals surface area contributed by atoms with Gasteiger partial charge in [0.05, 0.1) is 12.5 Å². The number of aryl methyl sites for hydroxylation is 1. The molecule has 1 saturated heterocycles. The van der Waals surface area contributed by atoms with Crippen molar-refractivity contribution in [1.82, 2.24) is 20.7 Å². The maximum absolute atomic E-state index is 13.8. The molecule has 1 aromatic carbocycles. The Hall–Kier alpha value is -3.14. The molecule has 3 aromatic rings. The SMILES string of the molecule is Cc1nnc(N2CC(C(=O)NCc3cc(-c4ccccc4F)no3)CC2=O)s1.